The van der Waals surface area contributed by atoms with E-state index < -0.39 is 17.3 Å². The molecular formula is C25H22N4O6. The van der Waals surface area contributed by atoms with E-state index in [0.29, 0.717) is 58.9 Å². The molecule has 0 saturated carbocycles. The zero-order valence-electron chi connectivity index (χ0n) is 19.0. The SMILES string of the molecule is COc1ccc2c(c1)C(=O)C(=O)N2CCCCn1cc(COc2cc(=O)oc3ccccc23)nn1. The van der Waals surface area contributed by atoms with Crippen LogP contribution in [0.25, 0.3) is 11.0 Å². The summed E-state index contributed by atoms with van der Waals surface area (Å²) in [5.74, 6) is -0.0598. The maximum atomic E-state index is 12.4. The minimum Gasteiger partial charge on any atom is -0.497 e. The number of fused-ring (bicyclic) bond motifs is 2. The number of carbonyl (C=O) groups excluding carboxylic acids is 2. The van der Waals surface area contributed by atoms with Gasteiger partial charge >= 0.3 is 5.63 Å². The molecule has 0 radical (unpaired) electrons. The molecule has 5 rings (SSSR count). The van der Waals surface area contributed by atoms with Crippen molar-refractivity contribution in [3.8, 4) is 11.5 Å². The molecule has 0 spiro atoms. The van der Waals surface area contributed by atoms with Crippen LogP contribution in [0.2, 0.25) is 0 Å². The van der Waals surface area contributed by atoms with Gasteiger partial charge in [0, 0.05) is 13.1 Å². The van der Waals surface area contributed by atoms with Crippen molar-refractivity contribution in [1.29, 1.82) is 0 Å². The Kier molecular flexibility index (Phi) is 6.01. The van der Waals surface area contributed by atoms with Crippen molar-refractivity contribution in [3.05, 3.63) is 76.4 Å². The number of para-hydroxylation sites is 1. The van der Waals surface area contributed by atoms with Crippen LogP contribution in [0.4, 0.5) is 5.69 Å². The van der Waals surface area contributed by atoms with E-state index in [1.807, 2.05) is 12.1 Å². The van der Waals surface area contributed by atoms with Crippen molar-refractivity contribution in [2.45, 2.75) is 26.0 Å². The third kappa shape index (κ3) is 4.50. The fraction of sp³-hybridized carbons (Fsp3) is 0.240. The Balaban J connectivity index is 1.15. The van der Waals surface area contributed by atoms with Gasteiger partial charge in [0.15, 0.2) is 0 Å². The number of Topliss-reactive ketones (excluding diaryl/α,β-unsaturated/α-hetero) is 1. The summed E-state index contributed by atoms with van der Waals surface area (Å²) in [7, 11) is 1.52. The summed E-state index contributed by atoms with van der Waals surface area (Å²) in [5, 5.41) is 8.94. The van der Waals surface area contributed by atoms with Crippen molar-refractivity contribution in [2.24, 2.45) is 0 Å². The second kappa shape index (κ2) is 9.41. The zero-order chi connectivity index (χ0) is 24.4. The Morgan fingerprint density at radius 2 is 1.83 bits per heavy atom. The average molecular weight is 474 g/mol. The number of ketones is 1. The highest BCUT2D eigenvalue weighted by atomic mass is 16.5. The standard InChI is InChI=1S/C25H22N4O6/c1-33-17-8-9-20-19(12-17)24(31)25(32)29(20)11-5-4-10-28-14-16(26-27-28)15-34-22-13-23(30)35-21-7-3-2-6-18(21)22/h2-3,6-9,12-14H,4-5,10-11,15H2,1H3. The summed E-state index contributed by atoms with van der Waals surface area (Å²) in [6.45, 7) is 1.17. The molecule has 2 aromatic carbocycles. The van der Waals surface area contributed by atoms with Crippen LogP contribution in [-0.4, -0.2) is 40.3 Å². The maximum absolute atomic E-state index is 12.4. The zero-order valence-corrected chi connectivity index (χ0v) is 19.0. The van der Waals surface area contributed by atoms with E-state index >= 15 is 0 Å². The molecule has 1 aliphatic rings. The first-order chi connectivity index (χ1) is 17.0. The van der Waals surface area contributed by atoms with E-state index in [-0.39, 0.29) is 6.61 Å². The first-order valence-corrected chi connectivity index (χ1v) is 11.1. The minimum atomic E-state index is -0.518. The molecule has 2 aromatic heterocycles. The van der Waals surface area contributed by atoms with E-state index in [1.54, 1.807) is 41.2 Å². The highest BCUT2D eigenvalue weighted by Gasteiger charge is 2.35. The number of anilines is 1. The first-order valence-electron chi connectivity index (χ1n) is 11.1. The Morgan fingerprint density at radius 1 is 1.00 bits per heavy atom. The smallest absolute Gasteiger partial charge is 0.339 e. The second-order valence-corrected chi connectivity index (χ2v) is 8.06. The fourth-order valence-corrected chi connectivity index (χ4v) is 4.04. The Morgan fingerprint density at radius 3 is 2.69 bits per heavy atom. The highest BCUT2D eigenvalue weighted by molar-refractivity contribution is 6.52. The lowest BCUT2D eigenvalue weighted by atomic mass is 10.1. The number of aryl methyl sites for hydroxylation is 1. The number of amides is 1. The molecule has 0 aliphatic carbocycles. The molecule has 0 fully saturated rings. The third-order valence-electron chi connectivity index (χ3n) is 5.77. The van der Waals surface area contributed by atoms with Crippen LogP contribution in [0.1, 0.15) is 28.9 Å². The lowest BCUT2D eigenvalue weighted by molar-refractivity contribution is -0.114. The number of hydrogen-bond donors (Lipinski definition) is 0. The van der Waals surface area contributed by atoms with Gasteiger partial charge in [-0.05, 0) is 43.2 Å². The predicted molar refractivity (Wildman–Crippen MR) is 126 cm³/mol. The number of carbonyl (C=O) groups is 2. The van der Waals surface area contributed by atoms with Crippen molar-refractivity contribution in [3.63, 3.8) is 0 Å². The van der Waals surface area contributed by atoms with Crippen LogP contribution in [0.3, 0.4) is 0 Å². The molecule has 10 heteroatoms. The summed E-state index contributed by atoms with van der Waals surface area (Å²) in [6.07, 6.45) is 3.19. The van der Waals surface area contributed by atoms with Gasteiger partial charge in [-0.1, -0.05) is 17.3 Å². The van der Waals surface area contributed by atoms with E-state index in [9.17, 15) is 14.4 Å². The number of hydrogen-bond acceptors (Lipinski definition) is 8. The van der Waals surface area contributed by atoms with Gasteiger partial charge in [0.25, 0.3) is 11.7 Å². The number of unbranched alkanes of at least 4 members (excludes halogenated alkanes) is 1. The summed E-state index contributed by atoms with van der Waals surface area (Å²) in [5.41, 5.74) is 1.58. The van der Waals surface area contributed by atoms with Crippen LogP contribution in [0.15, 0.2) is 63.9 Å². The molecule has 35 heavy (non-hydrogen) atoms. The monoisotopic (exact) mass is 474 g/mol. The molecular weight excluding hydrogens is 452 g/mol. The highest BCUT2D eigenvalue weighted by Crippen LogP contribution is 2.32. The number of ether oxygens (including phenoxy) is 2. The van der Waals surface area contributed by atoms with E-state index in [2.05, 4.69) is 10.3 Å². The number of rotatable bonds is 9. The predicted octanol–water partition coefficient (Wildman–Crippen LogP) is 2.98. The van der Waals surface area contributed by atoms with Crippen molar-refractivity contribution in [2.75, 3.05) is 18.6 Å². The van der Waals surface area contributed by atoms with E-state index in [0.717, 1.165) is 6.42 Å². The summed E-state index contributed by atoms with van der Waals surface area (Å²) in [6, 6.07) is 13.5. The molecule has 1 amide bonds. The number of aromatic nitrogens is 3. The lowest BCUT2D eigenvalue weighted by Gasteiger charge is -2.16. The number of nitrogens with zero attached hydrogens (tertiary/aromatic N) is 4. The van der Waals surface area contributed by atoms with Gasteiger partial charge in [0.05, 0.1) is 36.0 Å². The van der Waals surface area contributed by atoms with E-state index in [1.165, 1.54) is 18.1 Å². The Labute approximate surface area is 199 Å². The average Bonchev–Trinajstić information content (AvgIpc) is 3.42. The van der Waals surface area contributed by atoms with Gasteiger partial charge in [-0.15, -0.1) is 5.10 Å². The van der Waals surface area contributed by atoms with Crippen LogP contribution < -0.4 is 20.0 Å². The van der Waals surface area contributed by atoms with Crippen molar-refractivity contribution in [1.82, 2.24) is 15.0 Å². The van der Waals surface area contributed by atoms with Gasteiger partial charge in [-0.2, -0.15) is 0 Å². The first kappa shape index (κ1) is 22.3. The van der Waals surface area contributed by atoms with Crippen molar-refractivity contribution < 1.29 is 23.5 Å². The second-order valence-electron chi connectivity index (χ2n) is 8.06. The van der Waals surface area contributed by atoms with E-state index in [4.69, 9.17) is 13.9 Å². The normalized spacial score (nSPS) is 12.9. The van der Waals surface area contributed by atoms with Gasteiger partial charge in [0.1, 0.15) is 29.4 Å². The van der Waals surface area contributed by atoms with Crippen LogP contribution in [-0.2, 0) is 17.9 Å². The molecule has 4 aromatic rings. The van der Waals surface area contributed by atoms with Crippen molar-refractivity contribution >= 4 is 28.3 Å². The summed E-state index contributed by atoms with van der Waals surface area (Å²) < 4.78 is 17.8. The molecule has 0 saturated heterocycles. The minimum absolute atomic E-state index is 0.151. The molecule has 0 bridgehead atoms. The maximum Gasteiger partial charge on any atom is 0.339 e. The van der Waals surface area contributed by atoms with Gasteiger partial charge < -0.3 is 18.8 Å². The fourth-order valence-electron chi connectivity index (χ4n) is 4.04. The molecule has 10 nitrogen and oxygen atoms in total. The largest absolute Gasteiger partial charge is 0.497 e. The van der Waals surface area contributed by atoms with Gasteiger partial charge in [-0.3, -0.25) is 14.3 Å². The molecule has 178 valence electrons. The summed E-state index contributed by atoms with van der Waals surface area (Å²) in [4.78, 5) is 38.0. The van der Waals surface area contributed by atoms with Gasteiger partial charge in [0.2, 0.25) is 0 Å². The quantitative estimate of drug-likeness (QED) is 0.206. The molecule has 1 aliphatic heterocycles. The summed E-state index contributed by atoms with van der Waals surface area (Å²) >= 11 is 0. The third-order valence-corrected chi connectivity index (χ3v) is 5.77. The Bertz CT molecular complexity index is 1470. The van der Waals surface area contributed by atoms with Gasteiger partial charge in [-0.25, -0.2) is 4.79 Å². The molecule has 0 atom stereocenters. The lowest BCUT2D eigenvalue weighted by Crippen LogP contribution is -2.30. The number of benzene rings is 2. The molecule has 0 unspecified atom stereocenters. The van der Waals surface area contributed by atoms with Crippen LogP contribution in [0.5, 0.6) is 11.5 Å². The van der Waals surface area contributed by atoms with Crippen LogP contribution in [0, 0.1) is 0 Å². The topological polar surface area (TPSA) is 117 Å². The Hall–Kier alpha value is -4.47. The molecule has 0 N–H and O–H groups in total. The molecule has 3 heterocycles. The van der Waals surface area contributed by atoms with Crippen LogP contribution >= 0.6 is 0 Å². The number of methoxy groups -OCH3 is 1.